The standard InChI is InChI=1S/C25H34N4O3S/c1-3-20(2)21-9-11-22(12-10-21)33(31,32)29-18-16-28(17-19-29)25(30)23-8-7-13-26-24(23)27-14-5-4-6-15-27/h7-13,20H,3-6,14-19H2,1-2H3. The molecule has 1 atom stereocenters. The van der Waals surface area contributed by atoms with E-state index in [0.717, 1.165) is 43.7 Å². The lowest BCUT2D eigenvalue weighted by Gasteiger charge is -2.35. The van der Waals surface area contributed by atoms with Gasteiger partial charge in [0.2, 0.25) is 10.0 Å². The minimum atomic E-state index is -3.58. The molecule has 2 aliphatic heterocycles. The van der Waals surface area contributed by atoms with Crippen molar-refractivity contribution in [2.24, 2.45) is 0 Å². The van der Waals surface area contributed by atoms with Gasteiger partial charge in [0.05, 0.1) is 10.5 Å². The summed E-state index contributed by atoms with van der Waals surface area (Å²) in [5, 5.41) is 0. The molecule has 178 valence electrons. The summed E-state index contributed by atoms with van der Waals surface area (Å²) in [5.74, 6) is 1.08. The molecule has 1 aromatic heterocycles. The Morgan fingerprint density at radius 3 is 2.27 bits per heavy atom. The Balaban J connectivity index is 1.43. The Kier molecular flexibility index (Phi) is 7.34. The third-order valence-corrected chi connectivity index (χ3v) is 8.81. The fraction of sp³-hybridized carbons (Fsp3) is 0.520. The van der Waals surface area contributed by atoms with E-state index in [1.807, 2.05) is 18.2 Å². The maximum atomic E-state index is 13.3. The van der Waals surface area contributed by atoms with Crippen LogP contribution in [0.15, 0.2) is 47.5 Å². The molecule has 4 rings (SSSR count). The summed E-state index contributed by atoms with van der Waals surface area (Å²) in [6, 6.07) is 10.9. The van der Waals surface area contributed by atoms with Crippen molar-refractivity contribution in [3.05, 3.63) is 53.7 Å². The van der Waals surface area contributed by atoms with Gasteiger partial charge in [0.25, 0.3) is 5.91 Å². The number of carbonyl (C=O) groups is 1. The lowest BCUT2D eigenvalue weighted by atomic mass is 9.99. The van der Waals surface area contributed by atoms with Crippen LogP contribution in [0.25, 0.3) is 0 Å². The number of anilines is 1. The summed E-state index contributed by atoms with van der Waals surface area (Å²) >= 11 is 0. The molecule has 2 aromatic rings. The molecule has 0 saturated carbocycles. The van der Waals surface area contributed by atoms with E-state index in [-0.39, 0.29) is 5.91 Å². The number of amides is 1. The monoisotopic (exact) mass is 470 g/mol. The summed E-state index contributed by atoms with van der Waals surface area (Å²) < 4.78 is 27.8. The molecule has 0 radical (unpaired) electrons. The van der Waals surface area contributed by atoms with Gasteiger partial charge in [0.15, 0.2) is 0 Å². The molecule has 2 aliphatic rings. The highest BCUT2D eigenvalue weighted by Gasteiger charge is 2.32. The molecule has 33 heavy (non-hydrogen) atoms. The molecule has 2 saturated heterocycles. The number of carbonyl (C=O) groups excluding carboxylic acids is 1. The fourth-order valence-electron chi connectivity index (χ4n) is 4.58. The average Bonchev–Trinajstić information content (AvgIpc) is 2.88. The van der Waals surface area contributed by atoms with Crippen LogP contribution in [0.4, 0.5) is 5.82 Å². The van der Waals surface area contributed by atoms with Crippen LogP contribution in [-0.2, 0) is 10.0 Å². The number of rotatable bonds is 6. The van der Waals surface area contributed by atoms with Crippen molar-refractivity contribution in [3.8, 4) is 0 Å². The number of hydrogen-bond acceptors (Lipinski definition) is 5. The van der Waals surface area contributed by atoms with Gasteiger partial charge in [-0.25, -0.2) is 13.4 Å². The smallest absolute Gasteiger partial charge is 0.257 e. The molecule has 8 heteroatoms. The van der Waals surface area contributed by atoms with Gasteiger partial charge in [-0.1, -0.05) is 26.0 Å². The zero-order valence-corrected chi connectivity index (χ0v) is 20.4. The van der Waals surface area contributed by atoms with E-state index in [1.165, 1.54) is 10.7 Å². The topological polar surface area (TPSA) is 73.8 Å². The van der Waals surface area contributed by atoms with E-state index in [1.54, 1.807) is 29.3 Å². The summed E-state index contributed by atoms with van der Waals surface area (Å²) in [6.07, 6.45) is 6.18. The van der Waals surface area contributed by atoms with Gasteiger partial charge in [-0.2, -0.15) is 4.31 Å². The van der Waals surface area contributed by atoms with Gasteiger partial charge in [-0.3, -0.25) is 4.79 Å². The van der Waals surface area contributed by atoms with E-state index in [0.29, 0.717) is 42.6 Å². The normalized spacial score (nSPS) is 18.8. The lowest BCUT2D eigenvalue weighted by Crippen LogP contribution is -2.50. The Bertz CT molecular complexity index is 1060. The van der Waals surface area contributed by atoms with Crippen LogP contribution in [-0.4, -0.2) is 67.8 Å². The third-order valence-electron chi connectivity index (χ3n) is 6.90. The van der Waals surface area contributed by atoms with Crippen LogP contribution in [0.3, 0.4) is 0 Å². The first kappa shape index (κ1) is 23.7. The van der Waals surface area contributed by atoms with E-state index in [2.05, 4.69) is 23.7 Å². The van der Waals surface area contributed by atoms with E-state index < -0.39 is 10.0 Å². The number of pyridine rings is 1. The quantitative estimate of drug-likeness (QED) is 0.643. The van der Waals surface area contributed by atoms with E-state index >= 15 is 0 Å². The highest BCUT2D eigenvalue weighted by molar-refractivity contribution is 7.89. The Morgan fingerprint density at radius 2 is 1.64 bits per heavy atom. The highest BCUT2D eigenvalue weighted by atomic mass is 32.2. The fourth-order valence-corrected chi connectivity index (χ4v) is 6.00. The van der Waals surface area contributed by atoms with Gasteiger partial charge in [-0.15, -0.1) is 0 Å². The van der Waals surface area contributed by atoms with E-state index in [4.69, 9.17) is 0 Å². The van der Waals surface area contributed by atoms with Crippen LogP contribution in [0.5, 0.6) is 0 Å². The zero-order chi connectivity index (χ0) is 23.4. The van der Waals surface area contributed by atoms with Gasteiger partial charge in [0, 0.05) is 45.5 Å². The van der Waals surface area contributed by atoms with Gasteiger partial charge >= 0.3 is 0 Å². The molecule has 1 amide bonds. The number of piperidine rings is 1. The predicted molar refractivity (Wildman–Crippen MR) is 130 cm³/mol. The van der Waals surface area contributed by atoms with Crippen molar-refractivity contribution in [1.82, 2.24) is 14.2 Å². The van der Waals surface area contributed by atoms with Crippen molar-refractivity contribution >= 4 is 21.7 Å². The van der Waals surface area contributed by atoms with Crippen LogP contribution >= 0.6 is 0 Å². The second-order valence-corrected chi connectivity index (χ2v) is 10.9. The molecule has 7 nitrogen and oxygen atoms in total. The molecule has 0 aliphatic carbocycles. The first-order chi connectivity index (χ1) is 15.9. The number of benzene rings is 1. The lowest BCUT2D eigenvalue weighted by molar-refractivity contribution is 0.0698. The number of piperazine rings is 1. The number of aromatic nitrogens is 1. The Hall–Kier alpha value is -2.45. The highest BCUT2D eigenvalue weighted by Crippen LogP contribution is 2.25. The van der Waals surface area contributed by atoms with Crippen molar-refractivity contribution in [3.63, 3.8) is 0 Å². The third kappa shape index (κ3) is 5.06. The number of sulfonamides is 1. The molecule has 0 bridgehead atoms. The first-order valence-electron chi connectivity index (χ1n) is 12.0. The summed E-state index contributed by atoms with van der Waals surface area (Å²) in [6.45, 7) is 7.42. The molecular formula is C25H34N4O3S. The predicted octanol–water partition coefficient (Wildman–Crippen LogP) is 3.73. The molecular weight excluding hydrogens is 436 g/mol. The largest absolute Gasteiger partial charge is 0.356 e. The summed E-state index contributed by atoms with van der Waals surface area (Å²) in [5.41, 5.74) is 1.75. The van der Waals surface area contributed by atoms with Crippen LogP contribution < -0.4 is 4.90 Å². The molecule has 0 spiro atoms. The van der Waals surface area contributed by atoms with Crippen molar-refractivity contribution in [1.29, 1.82) is 0 Å². The second-order valence-electron chi connectivity index (χ2n) is 9.00. The SMILES string of the molecule is CCC(C)c1ccc(S(=O)(=O)N2CCN(C(=O)c3cccnc3N3CCCCC3)CC2)cc1. The maximum absolute atomic E-state index is 13.3. The number of hydrogen-bond donors (Lipinski definition) is 0. The zero-order valence-electron chi connectivity index (χ0n) is 19.6. The molecule has 1 aromatic carbocycles. The molecule has 3 heterocycles. The summed E-state index contributed by atoms with van der Waals surface area (Å²) in [7, 11) is -3.58. The summed E-state index contributed by atoms with van der Waals surface area (Å²) in [4.78, 5) is 22.1. The van der Waals surface area contributed by atoms with Crippen LogP contribution in [0.2, 0.25) is 0 Å². The molecule has 0 N–H and O–H groups in total. The van der Waals surface area contributed by atoms with Crippen molar-refractivity contribution in [2.45, 2.75) is 50.3 Å². The average molecular weight is 471 g/mol. The van der Waals surface area contributed by atoms with E-state index in [9.17, 15) is 13.2 Å². The maximum Gasteiger partial charge on any atom is 0.257 e. The second kappa shape index (κ2) is 10.2. The van der Waals surface area contributed by atoms with Gasteiger partial charge < -0.3 is 9.80 Å². The van der Waals surface area contributed by atoms with Crippen molar-refractivity contribution < 1.29 is 13.2 Å². The van der Waals surface area contributed by atoms with Gasteiger partial charge in [0.1, 0.15) is 5.82 Å². The number of nitrogens with zero attached hydrogens (tertiary/aromatic N) is 4. The minimum Gasteiger partial charge on any atom is -0.356 e. The first-order valence-corrected chi connectivity index (χ1v) is 13.4. The van der Waals surface area contributed by atoms with Crippen molar-refractivity contribution in [2.75, 3.05) is 44.2 Å². The van der Waals surface area contributed by atoms with Gasteiger partial charge in [-0.05, 0) is 61.4 Å². The Labute approximate surface area is 197 Å². The Morgan fingerprint density at radius 1 is 0.970 bits per heavy atom. The van der Waals surface area contributed by atoms with Crippen LogP contribution in [0.1, 0.15) is 61.4 Å². The molecule has 1 unspecified atom stereocenters. The molecule has 2 fully saturated rings. The minimum absolute atomic E-state index is 0.0707. The van der Waals surface area contributed by atoms with Crippen LogP contribution in [0, 0.1) is 0 Å².